The van der Waals surface area contributed by atoms with Crippen LogP contribution in [0, 0.1) is 6.92 Å². The number of rotatable bonds is 8. The lowest BCUT2D eigenvalue weighted by molar-refractivity contribution is 0.202. The quantitative estimate of drug-likeness (QED) is 0.702. The molecule has 0 bridgehead atoms. The average Bonchev–Trinajstić information content (AvgIpc) is 2.57. The van der Waals surface area contributed by atoms with Crippen molar-refractivity contribution in [3.8, 4) is 0 Å². The zero-order chi connectivity index (χ0) is 16.7. The van der Waals surface area contributed by atoms with E-state index in [0.29, 0.717) is 6.04 Å². The van der Waals surface area contributed by atoms with Gasteiger partial charge in [0.25, 0.3) is 0 Å². The van der Waals surface area contributed by atoms with Crippen LogP contribution in [-0.2, 0) is 6.54 Å². The Morgan fingerprint density at radius 3 is 2.43 bits per heavy atom. The predicted molar refractivity (Wildman–Crippen MR) is 101 cm³/mol. The molecule has 0 heterocycles. The van der Waals surface area contributed by atoms with Crippen LogP contribution in [-0.4, -0.2) is 18.0 Å². The molecular formula is C21H30N2. The number of hydrogen-bond acceptors (Lipinski definition) is 2. The topological polar surface area (TPSA) is 15.3 Å². The Labute approximate surface area is 141 Å². The number of nitrogens with zero attached hydrogens (tertiary/aromatic N) is 1. The van der Waals surface area contributed by atoms with Gasteiger partial charge in [-0.3, -0.25) is 4.90 Å². The molecule has 0 radical (unpaired) electrons. The molecule has 2 nitrogen and oxygen atoms in total. The zero-order valence-electron chi connectivity index (χ0n) is 15.0. The molecule has 0 aliphatic rings. The van der Waals surface area contributed by atoms with Crippen molar-refractivity contribution in [1.29, 1.82) is 0 Å². The van der Waals surface area contributed by atoms with Gasteiger partial charge in [0.15, 0.2) is 0 Å². The fourth-order valence-electron chi connectivity index (χ4n) is 3.01. The minimum Gasteiger partial charge on any atom is -0.385 e. The monoisotopic (exact) mass is 310 g/mol. The van der Waals surface area contributed by atoms with Crippen LogP contribution < -0.4 is 5.32 Å². The molecule has 0 aromatic heterocycles. The number of hydrogen-bond donors (Lipinski definition) is 1. The standard InChI is InChI=1S/C21H30N2/c1-5-14-23(16-19-10-8-7-9-11-19)18(4)20-13-12-17(3)21(15-20)22-6-2/h7-13,15,18,22H,5-6,14,16H2,1-4H3/t18-/m1/s1. The molecule has 1 N–H and O–H groups in total. The van der Waals surface area contributed by atoms with Crippen LogP contribution >= 0.6 is 0 Å². The molecule has 2 heteroatoms. The summed E-state index contributed by atoms with van der Waals surface area (Å²) in [5.74, 6) is 0. The molecule has 124 valence electrons. The Bertz CT molecular complexity index is 592. The lowest BCUT2D eigenvalue weighted by atomic mass is 10.0. The summed E-state index contributed by atoms with van der Waals surface area (Å²) in [6, 6.07) is 18.0. The molecule has 0 saturated heterocycles. The first kappa shape index (κ1) is 17.6. The molecule has 0 fully saturated rings. The largest absolute Gasteiger partial charge is 0.385 e. The van der Waals surface area contributed by atoms with Crippen LogP contribution in [0.4, 0.5) is 5.69 Å². The Morgan fingerprint density at radius 2 is 1.78 bits per heavy atom. The maximum Gasteiger partial charge on any atom is 0.0373 e. The van der Waals surface area contributed by atoms with Crippen LogP contribution in [0.1, 0.15) is 49.9 Å². The average molecular weight is 310 g/mol. The van der Waals surface area contributed by atoms with Crippen LogP contribution in [0.3, 0.4) is 0 Å². The SMILES string of the molecule is CCCN(Cc1ccccc1)[C@H](C)c1ccc(C)c(NCC)c1. The van der Waals surface area contributed by atoms with E-state index >= 15 is 0 Å². The van der Waals surface area contributed by atoms with Gasteiger partial charge in [0.05, 0.1) is 0 Å². The maximum absolute atomic E-state index is 3.47. The zero-order valence-corrected chi connectivity index (χ0v) is 15.0. The summed E-state index contributed by atoms with van der Waals surface area (Å²) < 4.78 is 0. The molecule has 0 amide bonds. The summed E-state index contributed by atoms with van der Waals surface area (Å²) in [6.45, 7) is 12.0. The van der Waals surface area contributed by atoms with E-state index in [4.69, 9.17) is 0 Å². The van der Waals surface area contributed by atoms with Gasteiger partial charge in [-0.05, 0) is 56.5 Å². The van der Waals surface area contributed by atoms with E-state index in [1.807, 2.05) is 0 Å². The van der Waals surface area contributed by atoms with Gasteiger partial charge in [-0.1, -0.05) is 49.4 Å². The second kappa shape index (κ2) is 8.73. The van der Waals surface area contributed by atoms with Gasteiger partial charge in [0, 0.05) is 24.8 Å². The first-order valence-electron chi connectivity index (χ1n) is 8.78. The first-order chi connectivity index (χ1) is 11.2. The molecule has 0 unspecified atom stereocenters. The second-order valence-electron chi connectivity index (χ2n) is 6.24. The summed E-state index contributed by atoms with van der Waals surface area (Å²) in [6.07, 6.45) is 1.17. The maximum atomic E-state index is 3.47. The molecule has 2 aromatic rings. The van der Waals surface area contributed by atoms with E-state index in [1.165, 1.54) is 28.8 Å². The van der Waals surface area contributed by atoms with Crippen molar-refractivity contribution >= 4 is 5.69 Å². The highest BCUT2D eigenvalue weighted by atomic mass is 15.1. The van der Waals surface area contributed by atoms with E-state index in [1.54, 1.807) is 0 Å². The molecule has 23 heavy (non-hydrogen) atoms. The van der Waals surface area contributed by atoms with Gasteiger partial charge in [0.2, 0.25) is 0 Å². The van der Waals surface area contributed by atoms with Crippen molar-refractivity contribution in [2.75, 3.05) is 18.4 Å². The summed E-state index contributed by atoms with van der Waals surface area (Å²) in [5.41, 5.74) is 5.34. The van der Waals surface area contributed by atoms with Crippen LogP contribution in [0.2, 0.25) is 0 Å². The number of benzene rings is 2. The third kappa shape index (κ3) is 4.84. The highest BCUT2D eigenvalue weighted by Gasteiger charge is 2.16. The number of anilines is 1. The van der Waals surface area contributed by atoms with Crippen molar-refractivity contribution in [3.05, 3.63) is 65.2 Å². The predicted octanol–water partition coefficient (Wildman–Crippen LogP) is 5.40. The lowest BCUT2D eigenvalue weighted by Crippen LogP contribution is -2.27. The lowest BCUT2D eigenvalue weighted by Gasteiger charge is -2.30. The minimum atomic E-state index is 0.410. The molecule has 1 atom stereocenters. The number of aryl methyl sites for hydroxylation is 1. The Kier molecular flexibility index (Phi) is 6.66. The van der Waals surface area contributed by atoms with Crippen LogP contribution in [0.25, 0.3) is 0 Å². The van der Waals surface area contributed by atoms with Crippen molar-refractivity contribution < 1.29 is 0 Å². The minimum absolute atomic E-state index is 0.410. The molecule has 0 saturated carbocycles. The molecule has 0 aliphatic heterocycles. The van der Waals surface area contributed by atoms with Crippen LogP contribution in [0.5, 0.6) is 0 Å². The van der Waals surface area contributed by atoms with E-state index < -0.39 is 0 Å². The first-order valence-corrected chi connectivity index (χ1v) is 8.78. The van der Waals surface area contributed by atoms with Gasteiger partial charge < -0.3 is 5.32 Å². The molecule has 0 spiro atoms. The fourth-order valence-corrected chi connectivity index (χ4v) is 3.01. The number of nitrogens with one attached hydrogen (secondary N) is 1. The highest BCUT2D eigenvalue weighted by Crippen LogP contribution is 2.26. The Hall–Kier alpha value is -1.80. The molecule has 2 aromatic carbocycles. The van der Waals surface area contributed by atoms with Gasteiger partial charge in [0.1, 0.15) is 0 Å². The molecular weight excluding hydrogens is 280 g/mol. The van der Waals surface area contributed by atoms with E-state index in [2.05, 4.69) is 86.4 Å². The molecule has 0 aliphatic carbocycles. The smallest absolute Gasteiger partial charge is 0.0373 e. The summed E-state index contributed by atoms with van der Waals surface area (Å²) in [5, 5.41) is 3.47. The van der Waals surface area contributed by atoms with E-state index in [9.17, 15) is 0 Å². The van der Waals surface area contributed by atoms with Gasteiger partial charge in [-0.25, -0.2) is 0 Å². The van der Waals surface area contributed by atoms with Crippen molar-refractivity contribution in [2.24, 2.45) is 0 Å². The fraction of sp³-hybridized carbons (Fsp3) is 0.429. The van der Waals surface area contributed by atoms with E-state index in [-0.39, 0.29) is 0 Å². The second-order valence-corrected chi connectivity index (χ2v) is 6.24. The summed E-state index contributed by atoms with van der Waals surface area (Å²) in [4.78, 5) is 2.57. The third-order valence-corrected chi connectivity index (χ3v) is 4.40. The van der Waals surface area contributed by atoms with Crippen LogP contribution in [0.15, 0.2) is 48.5 Å². The van der Waals surface area contributed by atoms with Gasteiger partial charge in [-0.2, -0.15) is 0 Å². The highest BCUT2D eigenvalue weighted by molar-refractivity contribution is 5.53. The summed E-state index contributed by atoms with van der Waals surface area (Å²) in [7, 11) is 0. The van der Waals surface area contributed by atoms with Gasteiger partial charge in [-0.15, -0.1) is 0 Å². The Morgan fingerprint density at radius 1 is 1.04 bits per heavy atom. The Balaban J connectivity index is 2.19. The van der Waals surface area contributed by atoms with E-state index in [0.717, 1.165) is 19.6 Å². The normalized spacial score (nSPS) is 12.4. The third-order valence-electron chi connectivity index (χ3n) is 4.40. The summed E-state index contributed by atoms with van der Waals surface area (Å²) >= 11 is 0. The van der Waals surface area contributed by atoms with Gasteiger partial charge >= 0.3 is 0 Å². The molecule has 2 rings (SSSR count). The van der Waals surface area contributed by atoms with Crippen molar-refractivity contribution in [2.45, 2.75) is 46.7 Å². The van der Waals surface area contributed by atoms with Crippen molar-refractivity contribution in [3.63, 3.8) is 0 Å². The van der Waals surface area contributed by atoms with Crippen molar-refractivity contribution in [1.82, 2.24) is 4.90 Å².